The molecule has 0 aliphatic carbocycles. The third-order valence-corrected chi connectivity index (χ3v) is 3.84. The number of aromatic nitrogens is 3. The van der Waals surface area contributed by atoms with E-state index in [9.17, 15) is 0 Å². The minimum Gasteiger partial charge on any atom is -0.305 e. The van der Waals surface area contributed by atoms with Gasteiger partial charge in [0, 0.05) is 35.6 Å². The molecule has 0 radical (unpaired) electrons. The number of fused-ring (bicyclic) bond motifs is 1. The first-order chi connectivity index (χ1) is 9.74. The van der Waals surface area contributed by atoms with Crippen LogP contribution in [0.5, 0.6) is 0 Å². The molecule has 102 valence electrons. The Morgan fingerprint density at radius 3 is 2.90 bits per heavy atom. The second kappa shape index (κ2) is 5.73. The Hall–Kier alpha value is -1.72. The summed E-state index contributed by atoms with van der Waals surface area (Å²) >= 11 is 3.46. The molecule has 20 heavy (non-hydrogen) atoms. The molecule has 3 rings (SSSR count). The quantitative estimate of drug-likeness (QED) is 0.797. The van der Waals surface area contributed by atoms with Gasteiger partial charge >= 0.3 is 0 Å². The van der Waals surface area contributed by atoms with Crippen LogP contribution >= 0.6 is 15.9 Å². The minimum absolute atomic E-state index is 0.277. The van der Waals surface area contributed by atoms with Gasteiger partial charge in [-0.25, -0.2) is 4.98 Å². The van der Waals surface area contributed by atoms with Crippen LogP contribution in [0.1, 0.15) is 24.2 Å². The third kappa shape index (κ3) is 2.73. The van der Waals surface area contributed by atoms with E-state index in [4.69, 9.17) is 0 Å². The van der Waals surface area contributed by atoms with Gasteiger partial charge in [0.15, 0.2) is 0 Å². The van der Waals surface area contributed by atoms with E-state index in [1.807, 2.05) is 49.1 Å². The van der Waals surface area contributed by atoms with Gasteiger partial charge in [0.1, 0.15) is 5.65 Å². The van der Waals surface area contributed by atoms with Crippen molar-refractivity contribution in [3.05, 3.63) is 64.8 Å². The first-order valence-electron chi connectivity index (χ1n) is 6.49. The number of hydrogen-bond donors (Lipinski definition) is 1. The average Bonchev–Trinajstić information content (AvgIpc) is 2.88. The van der Waals surface area contributed by atoms with Crippen molar-refractivity contribution in [2.45, 2.75) is 19.5 Å². The maximum atomic E-state index is 4.41. The molecule has 1 atom stereocenters. The van der Waals surface area contributed by atoms with Gasteiger partial charge in [0.05, 0.1) is 11.9 Å². The molecule has 0 amide bonds. The van der Waals surface area contributed by atoms with Crippen LogP contribution in [-0.4, -0.2) is 14.4 Å². The Morgan fingerprint density at radius 2 is 2.10 bits per heavy atom. The number of pyridine rings is 2. The summed E-state index contributed by atoms with van der Waals surface area (Å²) < 4.78 is 3.14. The van der Waals surface area contributed by atoms with Crippen molar-refractivity contribution in [3.8, 4) is 0 Å². The topological polar surface area (TPSA) is 42.2 Å². The number of hydrogen-bond acceptors (Lipinski definition) is 3. The normalized spacial score (nSPS) is 12.7. The van der Waals surface area contributed by atoms with Crippen molar-refractivity contribution in [1.29, 1.82) is 0 Å². The van der Waals surface area contributed by atoms with Crippen LogP contribution in [0.4, 0.5) is 0 Å². The molecular formula is C15H15BrN4. The molecule has 0 fully saturated rings. The zero-order valence-electron chi connectivity index (χ0n) is 11.1. The van der Waals surface area contributed by atoms with Crippen molar-refractivity contribution >= 4 is 21.6 Å². The SMILES string of the molecule is CC(NCc1cnc2cc(Br)ccn12)c1ccncc1. The summed E-state index contributed by atoms with van der Waals surface area (Å²) in [5.41, 5.74) is 3.33. The van der Waals surface area contributed by atoms with Crippen LogP contribution in [0, 0.1) is 0 Å². The van der Waals surface area contributed by atoms with Crippen molar-refractivity contribution in [3.63, 3.8) is 0 Å². The average molecular weight is 331 g/mol. The van der Waals surface area contributed by atoms with Crippen LogP contribution in [0.2, 0.25) is 0 Å². The summed E-state index contributed by atoms with van der Waals surface area (Å²) in [6.45, 7) is 2.92. The maximum Gasteiger partial charge on any atom is 0.138 e. The lowest BCUT2D eigenvalue weighted by Gasteiger charge is -2.13. The van der Waals surface area contributed by atoms with Crippen molar-refractivity contribution in [1.82, 2.24) is 19.7 Å². The monoisotopic (exact) mass is 330 g/mol. The van der Waals surface area contributed by atoms with E-state index < -0.39 is 0 Å². The molecule has 1 unspecified atom stereocenters. The van der Waals surface area contributed by atoms with Gasteiger partial charge in [-0.2, -0.15) is 0 Å². The van der Waals surface area contributed by atoms with E-state index in [0.29, 0.717) is 0 Å². The molecule has 4 nitrogen and oxygen atoms in total. The van der Waals surface area contributed by atoms with Gasteiger partial charge in [0.2, 0.25) is 0 Å². The van der Waals surface area contributed by atoms with Gasteiger partial charge in [-0.15, -0.1) is 0 Å². The highest BCUT2D eigenvalue weighted by molar-refractivity contribution is 9.10. The molecule has 0 bridgehead atoms. The lowest BCUT2D eigenvalue weighted by Crippen LogP contribution is -2.19. The molecular weight excluding hydrogens is 316 g/mol. The Morgan fingerprint density at radius 1 is 1.30 bits per heavy atom. The Kier molecular flexibility index (Phi) is 3.80. The van der Waals surface area contributed by atoms with E-state index in [-0.39, 0.29) is 6.04 Å². The second-order valence-electron chi connectivity index (χ2n) is 4.71. The number of nitrogens with one attached hydrogen (secondary N) is 1. The molecule has 0 spiro atoms. The summed E-state index contributed by atoms with van der Waals surface area (Å²) in [6.07, 6.45) is 7.58. The minimum atomic E-state index is 0.277. The fraction of sp³-hybridized carbons (Fsp3) is 0.200. The second-order valence-corrected chi connectivity index (χ2v) is 5.62. The number of halogens is 1. The summed E-state index contributed by atoms with van der Waals surface area (Å²) in [5.74, 6) is 0. The van der Waals surface area contributed by atoms with Crippen LogP contribution in [0.3, 0.4) is 0 Å². The number of imidazole rings is 1. The molecule has 0 aliphatic rings. The van der Waals surface area contributed by atoms with Crippen molar-refractivity contribution in [2.24, 2.45) is 0 Å². The molecule has 0 aromatic carbocycles. The van der Waals surface area contributed by atoms with Crippen LogP contribution in [0.25, 0.3) is 5.65 Å². The summed E-state index contributed by atoms with van der Waals surface area (Å²) in [4.78, 5) is 8.45. The summed E-state index contributed by atoms with van der Waals surface area (Å²) in [6, 6.07) is 8.37. The Labute approximate surface area is 126 Å². The zero-order chi connectivity index (χ0) is 13.9. The molecule has 0 saturated carbocycles. The van der Waals surface area contributed by atoms with E-state index in [1.165, 1.54) is 5.56 Å². The summed E-state index contributed by atoms with van der Waals surface area (Å²) in [7, 11) is 0. The number of rotatable bonds is 4. The van der Waals surface area contributed by atoms with Crippen LogP contribution in [0.15, 0.2) is 53.5 Å². The molecule has 3 aromatic rings. The highest BCUT2D eigenvalue weighted by atomic mass is 79.9. The van der Waals surface area contributed by atoms with Crippen LogP contribution < -0.4 is 5.32 Å². The van der Waals surface area contributed by atoms with Gasteiger partial charge in [-0.3, -0.25) is 4.98 Å². The van der Waals surface area contributed by atoms with Crippen molar-refractivity contribution < 1.29 is 0 Å². The predicted octanol–water partition coefficient (Wildman–Crippen LogP) is 3.34. The van der Waals surface area contributed by atoms with E-state index in [1.54, 1.807) is 0 Å². The van der Waals surface area contributed by atoms with E-state index >= 15 is 0 Å². The fourth-order valence-corrected chi connectivity index (χ4v) is 2.49. The third-order valence-electron chi connectivity index (χ3n) is 3.35. The van der Waals surface area contributed by atoms with Crippen molar-refractivity contribution in [2.75, 3.05) is 0 Å². The first kappa shape index (κ1) is 13.3. The largest absolute Gasteiger partial charge is 0.305 e. The number of nitrogens with zero attached hydrogens (tertiary/aromatic N) is 3. The zero-order valence-corrected chi connectivity index (χ0v) is 12.7. The van der Waals surface area contributed by atoms with E-state index in [0.717, 1.165) is 22.4 Å². The highest BCUT2D eigenvalue weighted by Crippen LogP contribution is 2.15. The molecule has 0 aliphatic heterocycles. The summed E-state index contributed by atoms with van der Waals surface area (Å²) in [5, 5.41) is 3.51. The molecule has 0 saturated heterocycles. The lowest BCUT2D eigenvalue weighted by atomic mass is 10.1. The van der Waals surface area contributed by atoms with Gasteiger partial charge in [0.25, 0.3) is 0 Å². The molecule has 5 heteroatoms. The smallest absolute Gasteiger partial charge is 0.138 e. The van der Waals surface area contributed by atoms with Gasteiger partial charge in [-0.1, -0.05) is 15.9 Å². The van der Waals surface area contributed by atoms with Crippen LogP contribution in [-0.2, 0) is 6.54 Å². The lowest BCUT2D eigenvalue weighted by molar-refractivity contribution is 0.565. The molecule has 3 aromatic heterocycles. The Bertz CT molecular complexity index is 708. The standard InChI is InChI=1S/C15H15BrN4/c1-11(12-2-5-17-6-3-12)18-9-14-10-19-15-8-13(16)4-7-20(14)15/h2-8,10-11,18H,9H2,1H3. The molecule has 3 heterocycles. The van der Waals surface area contributed by atoms with Gasteiger partial charge < -0.3 is 9.72 Å². The van der Waals surface area contributed by atoms with Gasteiger partial charge in [-0.05, 0) is 36.8 Å². The first-order valence-corrected chi connectivity index (χ1v) is 7.28. The predicted molar refractivity (Wildman–Crippen MR) is 82.4 cm³/mol. The van der Waals surface area contributed by atoms with E-state index in [2.05, 4.69) is 42.5 Å². The maximum absolute atomic E-state index is 4.41. The molecule has 1 N–H and O–H groups in total. The highest BCUT2D eigenvalue weighted by Gasteiger charge is 2.07. The fourth-order valence-electron chi connectivity index (χ4n) is 2.17. The Balaban J connectivity index is 1.74.